The lowest BCUT2D eigenvalue weighted by molar-refractivity contribution is -0.141. The molecule has 3 aliphatic rings. The number of hydrogen-bond acceptors (Lipinski definition) is 5. The zero-order valence-corrected chi connectivity index (χ0v) is 23.3. The molecule has 0 unspecified atom stereocenters. The molecule has 10 heteroatoms. The molecule has 1 aromatic rings. The minimum Gasteiger partial charge on any atom is -0.353 e. The van der Waals surface area contributed by atoms with Crippen molar-refractivity contribution < 1.29 is 18.0 Å². The molecule has 0 spiro atoms. The van der Waals surface area contributed by atoms with Crippen molar-refractivity contribution in [3.8, 4) is 0 Å². The Morgan fingerprint density at radius 3 is 2.53 bits per heavy atom. The van der Waals surface area contributed by atoms with Crippen LogP contribution in [-0.2, 0) is 26.7 Å². The molecule has 2 bridgehead atoms. The predicted molar refractivity (Wildman–Crippen MR) is 137 cm³/mol. The second kappa shape index (κ2) is 10.8. The fraction of sp³-hybridized carbons (Fsp3) is 0.808. The molecule has 3 saturated heterocycles. The van der Waals surface area contributed by atoms with Gasteiger partial charge in [0.25, 0.3) is 0 Å². The van der Waals surface area contributed by atoms with Crippen LogP contribution < -0.4 is 5.32 Å². The lowest BCUT2D eigenvalue weighted by Crippen LogP contribution is -2.60. The number of aryl methyl sites for hydroxylation is 1. The molecule has 0 radical (unpaired) electrons. The van der Waals surface area contributed by atoms with Gasteiger partial charge in [-0.05, 0) is 62.7 Å². The molecule has 3 fully saturated rings. The molecule has 5 atom stereocenters. The van der Waals surface area contributed by atoms with Crippen LogP contribution in [0.15, 0.2) is 11.1 Å². The van der Waals surface area contributed by atoms with Crippen molar-refractivity contribution in [1.82, 2.24) is 24.3 Å². The van der Waals surface area contributed by atoms with E-state index in [1.807, 2.05) is 4.90 Å². The van der Waals surface area contributed by atoms with Crippen molar-refractivity contribution >= 4 is 21.8 Å². The van der Waals surface area contributed by atoms with Gasteiger partial charge in [-0.25, -0.2) is 8.42 Å². The highest BCUT2D eigenvalue weighted by atomic mass is 32.2. The van der Waals surface area contributed by atoms with Gasteiger partial charge in [-0.3, -0.25) is 14.3 Å². The summed E-state index contributed by atoms with van der Waals surface area (Å²) in [5.74, 6) is 1.04. The number of rotatable bonds is 3. The average molecular weight is 522 g/mol. The Kier molecular flexibility index (Phi) is 8.14. The predicted octanol–water partition coefficient (Wildman–Crippen LogP) is 2.70. The third-order valence-corrected chi connectivity index (χ3v) is 10.5. The minimum absolute atomic E-state index is 0.0385. The number of carbonyl (C=O) groups excluding carboxylic acids is 2. The number of piperidine rings is 2. The second-order valence-corrected chi connectivity index (χ2v) is 13.6. The van der Waals surface area contributed by atoms with Crippen molar-refractivity contribution in [2.45, 2.75) is 89.6 Å². The second-order valence-electron chi connectivity index (χ2n) is 11.7. The van der Waals surface area contributed by atoms with Crippen LogP contribution in [0.3, 0.4) is 0 Å². The van der Waals surface area contributed by atoms with Crippen molar-refractivity contribution in [3.05, 3.63) is 11.9 Å². The third kappa shape index (κ3) is 5.64. The Labute approximate surface area is 216 Å². The summed E-state index contributed by atoms with van der Waals surface area (Å²) in [6.07, 6.45) is 6.49. The van der Waals surface area contributed by atoms with Gasteiger partial charge in [-0.1, -0.05) is 20.8 Å². The van der Waals surface area contributed by atoms with E-state index in [1.54, 1.807) is 23.0 Å². The van der Waals surface area contributed by atoms with E-state index < -0.39 is 10.0 Å². The van der Waals surface area contributed by atoms with Gasteiger partial charge in [-0.2, -0.15) is 9.40 Å². The molecule has 202 valence electrons. The summed E-state index contributed by atoms with van der Waals surface area (Å²) in [7, 11) is -1.91. The fourth-order valence-electron chi connectivity index (χ4n) is 6.33. The van der Waals surface area contributed by atoms with Crippen molar-refractivity contribution in [2.75, 3.05) is 19.6 Å². The molecular formula is C26H43N5O4S. The quantitative estimate of drug-likeness (QED) is 0.659. The molecule has 0 saturated carbocycles. The van der Waals surface area contributed by atoms with Crippen LogP contribution in [0.4, 0.5) is 0 Å². The molecule has 3 aliphatic heterocycles. The monoisotopic (exact) mass is 521 g/mol. The average Bonchev–Trinajstić information content (AvgIpc) is 3.15. The summed E-state index contributed by atoms with van der Waals surface area (Å²) in [6, 6.07) is 0.0932. The largest absolute Gasteiger partial charge is 0.353 e. The smallest absolute Gasteiger partial charge is 0.246 e. The van der Waals surface area contributed by atoms with E-state index in [-0.39, 0.29) is 46.5 Å². The molecule has 36 heavy (non-hydrogen) atoms. The molecule has 2 amide bonds. The van der Waals surface area contributed by atoms with Gasteiger partial charge in [0, 0.05) is 51.6 Å². The SMILES string of the molecule is Cc1c(S(=O)(=O)N2C[C@@H]3C[C@H](C2)[C@@H]2CCCC(=O)N[C@H](C(C)C)CC[C@@H](C)CC(=O)N2C3)cnn1C. The molecule has 0 aromatic carbocycles. The van der Waals surface area contributed by atoms with Gasteiger partial charge in [0.15, 0.2) is 0 Å². The number of nitrogens with zero attached hydrogens (tertiary/aromatic N) is 4. The lowest BCUT2D eigenvalue weighted by Gasteiger charge is -2.50. The Morgan fingerprint density at radius 2 is 1.86 bits per heavy atom. The first-order valence-electron chi connectivity index (χ1n) is 13.5. The van der Waals surface area contributed by atoms with Crippen molar-refractivity contribution in [3.63, 3.8) is 0 Å². The summed E-state index contributed by atoms with van der Waals surface area (Å²) in [5.41, 5.74) is 0.629. The number of nitrogens with one attached hydrogen (secondary N) is 1. The van der Waals surface area contributed by atoms with E-state index in [9.17, 15) is 18.0 Å². The molecule has 9 nitrogen and oxygen atoms in total. The van der Waals surface area contributed by atoms with Crippen LogP contribution in [-0.4, -0.2) is 70.9 Å². The standard InChI is InChI=1S/C26H43N5O4S/c1-17(2)22-10-9-18(3)11-26(33)31-15-20-12-21(23(31)7-6-8-25(32)28-22)16-30(14-20)36(34,35)24-13-27-29(5)19(24)4/h13,17-18,20-23H,6-12,14-16H2,1-5H3,(H,28,32)/t18-,20+,21-,22+,23+/m1/s1. The van der Waals surface area contributed by atoms with E-state index in [2.05, 4.69) is 31.2 Å². The number of amides is 2. The maximum Gasteiger partial charge on any atom is 0.246 e. The van der Waals surface area contributed by atoms with Crippen molar-refractivity contribution in [1.29, 1.82) is 0 Å². The first-order valence-corrected chi connectivity index (χ1v) is 15.0. The van der Waals surface area contributed by atoms with Gasteiger partial charge >= 0.3 is 0 Å². The Hall–Kier alpha value is -1.94. The minimum atomic E-state index is -3.66. The topological polar surface area (TPSA) is 105 Å². The van der Waals surface area contributed by atoms with Crippen LogP contribution in [0, 0.1) is 30.6 Å². The zero-order chi connectivity index (χ0) is 26.2. The van der Waals surface area contributed by atoms with E-state index in [4.69, 9.17) is 0 Å². The Morgan fingerprint density at radius 1 is 1.11 bits per heavy atom. The third-order valence-electron chi connectivity index (χ3n) is 8.61. The summed E-state index contributed by atoms with van der Waals surface area (Å²) in [5, 5.41) is 7.36. The molecule has 0 aliphatic carbocycles. The lowest BCUT2D eigenvalue weighted by atomic mass is 9.78. The van der Waals surface area contributed by atoms with Crippen LogP contribution in [0.2, 0.25) is 0 Å². The fourth-order valence-corrected chi connectivity index (χ4v) is 8.09. The van der Waals surface area contributed by atoms with E-state index in [0.29, 0.717) is 50.5 Å². The highest BCUT2D eigenvalue weighted by Gasteiger charge is 2.46. The summed E-state index contributed by atoms with van der Waals surface area (Å²) < 4.78 is 30.3. The van der Waals surface area contributed by atoms with Crippen LogP contribution in [0.1, 0.15) is 71.4 Å². The first-order chi connectivity index (χ1) is 17.0. The van der Waals surface area contributed by atoms with Gasteiger partial charge < -0.3 is 10.2 Å². The van der Waals surface area contributed by atoms with E-state index in [1.165, 1.54) is 6.20 Å². The molecule has 1 N–H and O–H groups in total. The molecule has 4 rings (SSSR count). The number of sulfonamides is 1. The number of hydrogen-bond donors (Lipinski definition) is 1. The van der Waals surface area contributed by atoms with Gasteiger partial charge in [0.1, 0.15) is 4.90 Å². The maximum atomic E-state index is 13.5. The number of carbonyl (C=O) groups is 2. The Bertz CT molecular complexity index is 1070. The van der Waals surface area contributed by atoms with Gasteiger partial charge in [-0.15, -0.1) is 0 Å². The maximum absolute atomic E-state index is 13.5. The zero-order valence-electron chi connectivity index (χ0n) is 22.4. The van der Waals surface area contributed by atoms with Crippen LogP contribution in [0.25, 0.3) is 0 Å². The van der Waals surface area contributed by atoms with E-state index in [0.717, 1.165) is 25.7 Å². The van der Waals surface area contributed by atoms with E-state index >= 15 is 0 Å². The van der Waals surface area contributed by atoms with Crippen molar-refractivity contribution in [2.24, 2.45) is 30.7 Å². The van der Waals surface area contributed by atoms with Gasteiger partial charge in [0.2, 0.25) is 21.8 Å². The Balaban J connectivity index is 1.55. The highest BCUT2D eigenvalue weighted by molar-refractivity contribution is 7.89. The number of aromatic nitrogens is 2. The molecule has 1 aromatic heterocycles. The number of fused-ring (bicyclic) bond motifs is 4. The van der Waals surface area contributed by atoms with Crippen LogP contribution >= 0.6 is 0 Å². The normalized spacial score (nSPS) is 31.3. The van der Waals surface area contributed by atoms with Crippen LogP contribution in [0.5, 0.6) is 0 Å². The molecular weight excluding hydrogens is 478 g/mol. The summed E-state index contributed by atoms with van der Waals surface area (Å²) in [4.78, 5) is 28.5. The summed E-state index contributed by atoms with van der Waals surface area (Å²) >= 11 is 0. The highest BCUT2D eigenvalue weighted by Crippen LogP contribution is 2.38. The molecule has 4 heterocycles. The summed E-state index contributed by atoms with van der Waals surface area (Å²) in [6.45, 7) is 9.58. The first kappa shape index (κ1) is 27.1. The van der Waals surface area contributed by atoms with Gasteiger partial charge in [0.05, 0.1) is 11.9 Å².